The summed E-state index contributed by atoms with van der Waals surface area (Å²) in [6.07, 6.45) is -1.41. The molecule has 27 heavy (non-hydrogen) atoms. The van der Waals surface area contributed by atoms with Gasteiger partial charge in [0.25, 0.3) is 0 Å². The zero-order valence-corrected chi connectivity index (χ0v) is 14.3. The predicted molar refractivity (Wildman–Crippen MR) is 96.3 cm³/mol. The number of alkyl halides is 3. The summed E-state index contributed by atoms with van der Waals surface area (Å²) in [6, 6.07) is 15.0. The molecule has 0 aliphatic carbocycles. The van der Waals surface area contributed by atoms with Crippen molar-refractivity contribution in [2.75, 3.05) is 0 Å². The molecule has 4 nitrogen and oxygen atoms in total. The minimum absolute atomic E-state index is 0.0252. The van der Waals surface area contributed by atoms with Crippen LogP contribution in [0.25, 0.3) is 28.3 Å². The van der Waals surface area contributed by atoms with E-state index in [0.29, 0.717) is 11.4 Å². The zero-order chi connectivity index (χ0) is 19.0. The molecule has 4 aromatic rings. The van der Waals surface area contributed by atoms with E-state index < -0.39 is 11.7 Å². The fraction of sp³-hybridized carbons (Fsp3) is 0.100. The molecule has 136 valence electrons. The molecular formula is C20H15F3N4. The lowest BCUT2D eigenvalue weighted by molar-refractivity contribution is -0.137. The first-order valence-corrected chi connectivity index (χ1v) is 8.27. The van der Waals surface area contributed by atoms with Gasteiger partial charge in [0.1, 0.15) is 5.82 Å². The molecule has 0 unspecified atom stereocenters. The van der Waals surface area contributed by atoms with Gasteiger partial charge in [0, 0.05) is 17.5 Å². The Hall–Kier alpha value is -3.35. The van der Waals surface area contributed by atoms with E-state index in [9.17, 15) is 13.2 Å². The summed E-state index contributed by atoms with van der Waals surface area (Å²) >= 11 is 0. The third-order valence-electron chi connectivity index (χ3n) is 4.24. The average molecular weight is 368 g/mol. The van der Waals surface area contributed by atoms with Gasteiger partial charge in [-0.1, -0.05) is 42.5 Å². The van der Waals surface area contributed by atoms with Crippen LogP contribution in [-0.2, 0) is 6.18 Å². The van der Waals surface area contributed by atoms with Crippen LogP contribution in [0, 0.1) is 6.92 Å². The Kier molecular flexibility index (Phi) is 4.07. The molecule has 4 rings (SSSR count). The number of nitrogens with one attached hydrogen (secondary N) is 1. The zero-order valence-electron chi connectivity index (χ0n) is 14.3. The van der Waals surface area contributed by atoms with E-state index in [1.54, 1.807) is 6.07 Å². The monoisotopic (exact) mass is 368 g/mol. The van der Waals surface area contributed by atoms with Crippen LogP contribution in [0.15, 0.2) is 67.0 Å². The second-order valence-corrected chi connectivity index (χ2v) is 6.11. The van der Waals surface area contributed by atoms with Gasteiger partial charge in [-0.3, -0.25) is 0 Å². The number of benzene rings is 2. The molecule has 0 bridgehead atoms. The van der Waals surface area contributed by atoms with Crippen molar-refractivity contribution in [3.05, 3.63) is 78.2 Å². The molecule has 2 heterocycles. The highest BCUT2D eigenvalue weighted by Crippen LogP contribution is 2.34. The van der Waals surface area contributed by atoms with E-state index >= 15 is 0 Å². The van der Waals surface area contributed by atoms with Crippen LogP contribution in [-0.4, -0.2) is 19.7 Å². The van der Waals surface area contributed by atoms with Crippen LogP contribution < -0.4 is 0 Å². The summed E-state index contributed by atoms with van der Waals surface area (Å²) in [4.78, 5) is 7.78. The highest BCUT2D eigenvalue weighted by Gasteiger charge is 2.33. The quantitative estimate of drug-likeness (QED) is 0.536. The molecule has 1 N–H and O–H groups in total. The number of para-hydroxylation sites is 1. The highest BCUT2D eigenvalue weighted by molar-refractivity contribution is 5.66. The van der Waals surface area contributed by atoms with E-state index in [-0.39, 0.29) is 5.69 Å². The van der Waals surface area contributed by atoms with Gasteiger partial charge in [0.05, 0.1) is 28.7 Å². The Bertz CT molecular complexity index is 1080. The van der Waals surface area contributed by atoms with Gasteiger partial charge in [0.15, 0.2) is 0 Å². The topological polar surface area (TPSA) is 46.5 Å². The van der Waals surface area contributed by atoms with Crippen LogP contribution in [0.4, 0.5) is 13.2 Å². The fourth-order valence-corrected chi connectivity index (χ4v) is 2.96. The maximum absolute atomic E-state index is 13.2. The SMILES string of the molecule is Cc1[nH]c(-c2cnn(-c3ccccc3C(F)(F)F)c2)nc1-c1ccccc1. The van der Waals surface area contributed by atoms with Crippen molar-refractivity contribution in [3.8, 4) is 28.3 Å². The Labute approximate surface area is 153 Å². The van der Waals surface area contributed by atoms with Crippen LogP contribution in [0.5, 0.6) is 0 Å². The fourth-order valence-electron chi connectivity index (χ4n) is 2.96. The van der Waals surface area contributed by atoms with E-state index in [1.165, 1.54) is 29.2 Å². The third-order valence-corrected chi connectivity index (χ3v) is 4.24. The lowest BCUT2D eigenvalue weighted by atomic mass is 10.1. The maximum Gasteiger partial charge on any atom is 0.418 e. The molecule has 0 saturated heterocycles. The smallest absolute Gasteiger partial charge is 0.341 e. The number of aryl methyl sites for hydroxylation is 1. The van der Waals surface area contributed by atoms with E-state index in [2.05, 4.69) is 15.1 Å². The summed E-state index contributed by atoms with van der Waals surface area (Å²) in [6.45, 7) is 1.90. The number of aromatic amines is 1. The summed E-state index contributed by atoms with van der Waals surface area (Å²) in [7, 11) is 0. The second-order valence-electron chi connectivity index (χ2n) is 6.11. The molecule has 0 fully saturated rings. The van der Waals surface area contributed by atoms with Gasteiger partial charge < -0.3 is 4.98 Å². The van der Waals surface area contributed by atoms with Crippen LogP contribution in [0.3, 0.4) is 0 Å². The molecule has 0 radical (unpaired) electrons. The first kappa shape index (κ1) is 17.1. The van der Waals surface area contributed by atoms with Crippen molar-refractivity contribution in [2.24, 2.45) is 0 Å². The Morgan fingerprint density at radius 2 is 1.63 bits per heavy atom. The molecule has 0 saturated carbocycles. The van der Waals surface area contributed by atoms with Crippen molar-refractivity contribution >= 4 is 0 Å². The van der Waals surface area contributed by atoms with Gasteiger partial charge in [-0.15, -0.1) is 0 Å². The molecule has 2 aromatic heterocycles. The number of hydrogen-bond donors (Lipinski definition) is 1. The number of hydrogen-bond acceptors (Lipinski definition) is 2. The number of rotatable bonds is 3. The molecule has 0 spiro atoms. The molecule has 0 atom stereocenters. The number of H-pyrrole nitrogens is 1. The molecule has 7 heteroatoms. The predicted octanol–water partition coefficient (Wildman–Crippen LogP) is 5.26. The average Bonchev–Trinajstić information content (AvgIpc) is 3.28. The lowest BCUT2D eigenvalue weighted by Crippen LogP contribution is -2.10. The van der Waals surface area contributed by atoms with Crippen LogP contribution in [0.2, 0.25) is 0 Å². The van der Waals surface area contributed by atoms with Crippen molar-refractivity contribution in [1.82, 2.24) is 19.7 Å². The summed E-state index contributed by atoms with van der Waals surface area (Å²) < 4.78 is 41.0. The summed E-state index contributed by atoms with van der Waals surface area (Å²) in [5.74, 6) is 0.557. The minimum Gasteiger partial charge on any atom is -0.341 e. The first-order valence-electron chi connectivity index (χ1n) is 8.27. The second kappa shape index (κ2) is 6.42. The Balaban J connectivity index is 1.73. The number of nitrogens with zero attached hydrogens (tertiary/aromatic N) is 3. The van der Waals surface area contributed by atoms with E-state index in [1.807, 2.05) is 37.3 Å². The van der Waals surface area contributed by atoms with Crippen molar-refractivity contribution in [2.45, 2.75) is 13.1 Å². The maximum atomic E-state index is 13.2. The van der Waals surface area contributed by atoms with Gasteiger partial charge in [-0.2, -0.15) is 18.3 Å². The third kappa shape index (κ3) is 3.23. The normalized spacial score (nSPS) is 11.7. The van der Waals surface area contributed by atoms with Crippen LogP contribution in [0.1, 0.15) is 11.3 Å². The van der Waals surface area contributed by atoms with Crippen molar-refractivity contribution in [3.63, 3.8) is 0 Å². The molecule has 0 aliphatic rings. The van der Waals surface area contributed by atoms with E-state index in [4.69, 9.17) is 0 Å². The van der Waals surface area contributed by atoms with Crippen molar-refractivity contribution in [1.29, 1.82) is 0 Å². The minimum atomic E-state index is -4.45. The van der Waals surface area contributed by atoms with Crippen molar-refractivity contribution < 1.29 is 13.2 Å². The van der Waals surface area contributed by atoms with E-state index in [0.717, 1.165) is 23.0 Å². The number of aromatic nitrogens is 4. The highest BCUT2D eigenvalue weighted by atomic mass is 19.4. The summed E-state index contributed by atoms with van der Waals surface area (Å²) in [5, 5.41) is 4.11. The Morgan fingerprint density at radius 3 is 2.37 bits per heavy atom. The molecule has 2 aromatic carbocycles. The van der Waals surface area contributed by atoms with Crippen LogP contribution >= 0.6 is 0 Å². The van der Waals surface area contributed by atoms with Gasteiger partial charge in [-0.25, -0.2) is 9.67 Å². The standard InChI is InChI=1S/C20H15F3N4/c1-13-18(14-7-3-2-4-8-14)26-19(25-13)15-11-24-27(12-15)17-10-6-5-9-16(17)20(21,22)23/h2-12H,1H3,(H,25,26). The van der Waals surface area contributed by atoms with Gasteiger partial charge in [-0.05, 0) is 19.1 Å². The first-order chi connectivity index (χ1) is 12.9. The van der Waals surface area contributed by atoms with Gasteiger partial charge >= 0.3 is 6.18 Å². The molecule has 0 amide bonds. The number of imidazole rings is 1. The largest absolute Gasteiger partial charge is 0.418 e. The Morgan fingerprint density at radius 1 is 0.926 bits per heavy atom. The summed E-state index contributed by atoms with van der Waals surface area (Å²) in [5.41, 5.74) is 2.49. The lowest BCUT2D eigenvalue weighted by Gasteiger charge is -2.12. The molecule has 0 aliphatic heterocycles. The van der Waals surface area contributed by atoms with Gasteiger partial charge in [0.2, 0.25) is 0 Å². The molecular weight excluding hydrogens is 353 g/mol. The number of halogens is 3.